The average Bonchev–Trinajstić information content (AvgIpc) is 2.84. The molecule has 1 amide bonds. The lowest BCUT2D eigenvalue weighted by Gasteiger charge is -2.10. The highest BCUT2D eigenvalue weighted by atomic mass is 19.1. The van der Waals surface area contributed by atoms with Crippen LogP contribution < -0.4 is 20.7 Å². The Labute approximate surface area is 189 Å². The molecule has 3 N–H and O–H groups in total. The molecule has 2 heterocycles. The van der Waals surface area contributed by atoms with Crippen LogP contribution in [0.25, 0.3) is 0 Å². The van der Waals surface area contributed by atoms with Crippen molar-refractivity contribution in [3.05, 3.63) is 96.7 Å². The smallest absolute Gasteiger partial charge is 0.251 e. The maximum absolute atomic E-state index is 13.0. The lowest BCUT2D eigenvalue weighted by molar-refractivity contribution is 0.0955. The minimum Gasteiger partial charge on any atom is -0.457 e. The minimum absolute atomic E-state index is 0.235. The number of pyridine rings is 1. The van der Waals surface area contributed by atoms with Crippen molar-refractivity contribution in [2.45, 2.75) is 0 Å². The fourth-order valence-corrected chi connectivity index (χ4v) is 2.90. The Morgan fingerprint density at radius 2 is 1.67 bits per heavy atom. The van der Waals surface area contributed by atoms with E-state index in [4.69, 9.17) is 4.74 Å². The van der Waals surface area contributed by atoms with Crippen molar-refractivity contribution >= 4 is 23.4 Å². The number of amides is 1. The van der Waals surface area contributed by atoms with E-state index in [0.29, 0.717) is 47.6 Å². The molecule has 0 aliphatic rings. The predicted molar refractivity (Wildman–Crippen MR) is 123 cm³/mol. The van der Waals surface area contributed by atoms with Gasteiger partial charge in [-0.2, -0.15) is 0 Å². The van der Waals surface area contributed by atoms with Crippen molar-refractivity contribution in [3.8, 4) is 11.5 Å². The molecule has 2 aromatic carbocycles. The monoisotopic (exact) mass is 444 g/mol. The van der Waals surface area contributed by atoms with Crippen LogP contribution in [-0.2, 0) is 0 Å². The number of rotatable bonds is 9. The van der Waals surface area contributed by atoms with Gasteiger partial charge in [-0.3, -0.25) is 4.79 Å². The van der Waals surface area contributed by atoms with Gasteiger partial charge in [0.25, 0.3) is 5.91 Å². The van der Waals surface area contributed by atoms with Crippen LogP contribution in [-0.4, -0.2) is 33.9 Å². The molecule has 0 atom stereocenters. The zero-order chi connectivity index (χ0) is 22.9. The number of anilines is 3. The molecule has 0 aliphatic heterocycles. The van der Waals surface area contributed by atoms with E-state index in [1.54, 1.807) is 36.5 Å². The van der Waals surface area contributed by atoms with E-state index in [-0.39, 0.29) is 11.7 Å². The Balaban J connectivity index is 1.26. The van der Waals surface area contributed by atoms with Gasteiger partial charge in [0.2, 0.25) is 0 Å². The zero-order valence-corrected chi connectivity index (χ0v) is 17.5. The Hall–Kier alpha value is -4.53. The van der Waals surface area contributed by atoms with Crippen molar-refractivity contribution < 1.29 is 13.9 Å². The molecule has 166 valence electrons. The molecule has 0 unspecified atom stereocenters. The molecular weight excluding hydrogens is 423 g/mol. The van der Waals surface area contributed by atoms with Gasteiger partial charge in [0.05, 0.1) is 0 Å². The number of carbonyl (C=O) groups excluding carboxylic acids is 1. The number of ether oxygens (including phenoxy) is 1. The van der Waals surface area contributed by atoms with Crippen molar-refractivity contribution in [2.75, 3.05) is 23.7 Å². The molecule has 2 aromatic heterocycles. The van der Waals surface area contributed by atoms with E-state index in [2.05, 4.69) is 30.9 Å². The summed E-state index contributed by atoms with van der Waals surface area (Å²) in [5, 5.41) is 9.09. The Morgan fingerprint density at radius 3 is 2.48 bits per heavy atom. The van der Waals surface area contributed by atoms with Gasteiger partial charge < -0.3 is 20.7 Å². The third-order valence-corrected chi connectivity index (χ3v) is 4.45. The SMILES string of the molecule is O=C(NCCNc1cc(Nc2ccccn2)ncn1)c1cccc(Oc2ccc(F)cc2)c1. The first-order valence-electron chi connectivity index (χ1n) is 10.2. The van der Waals surface area contributed by atoms with Crippen LogP contribution in [0.4, 0.5) is 21.8 Å². The van der Waals surface area contributed by atoms with Crippen molar-refractivity contribution in [2.24, 2.45) is 0 Å². The van der Waals surface area contributed by atoms with E-state index in [1.807, 2.05) is 18.2 Å². The molecular formula is C24H21FN6O2. The van der Waals surface area contributed by atoms with Gasteiger partial charge in [0.1, 0.15) is 41.1 Å². The van der Waals surface area contributed by atoms with E-state index < -0.39 is 0 Å². The number of aromatic nitrogens is 3. The van der Waals surface area contributed by atoms with Crippen LogP contribution in [0.5, 0.6) is 11.5 Å². The summed E-state index contributed by atoms with van der Waals surface area (Å²) in [4.78, 5) is 25.0. The van der Waals surface area contributed by atoms with Crippen molar-refractivity contribution in [1.82, 2.24) is 20.3 Å². The Kier molecular flexibility index (Phi) is 7.01. The molecule has 0 saturated heterocycles. The van der Waals surface area contributed by atoms with E-state index in [9.17, 15) is 9.18 Å². The van der Waals surface area contributed by atoms with Crippen molar-refractivity contribution in [3.63, 3.8) is 0 Å². The highest BCUT2D eigenvalue weighted by Crippen LogP contribution is 2.22. The summed E-state index contributed by atoms with van der Waals surface area (Å²) in [7, 11) is 0. The predicted octanol–water partition coefficient (Wildman–Crippen LogP) is 4.39. The van der Waals surface area contributed by atoms with Crippen LogP contribution in [0.2, 0.25) is 0 Å². The second-order valence-electron chi connectivity index (χ2n) is 6.89. The van der Waals surface area contributed by atoms with E-state index >= 15 is 0 Å². The number of hydrogen-bond acceptors (Lipinski definition) is 7. The maximum Gasteiger partial charge on any atom is 0.251 e. The summed E-state index contributed by atoms with van der Waals surface area (Å²) in [5.41, 5.74) is 0.457. The Bertz CT molecular complexity index is 1210. The highest BCUT2D eigenvalue weighted by Gasteiger charge is 2.07. The van der Waals surface area contributed by atoms with Gasteiger partial charge in [-0.05, 0) is 54.6 Å². The molecule has 0 spiro atoms. The number of nitrogens with one attached hydrogen (secondary N) is 3. The molecule has 0 aliphatic carbocycles. The standard InChI is InChI=1S/C24H21FN6O2/c25-18-7-9-19(10-8-18)33-20-5-3-4-17(14-20)24(32)28-13-12-27-22-15-23(30-16-29-22)31-21-6-1-2-11-26-21/h1-11,14-16H,12-13H2,(H,28,32)(H2,26,27,29,30,31). The second kappa shape index (κ2) is 10.7. The quantitative estimate of drug-likeness (QED) is 0.329. The summed E-state index contributed by atoms with van der Waals surface area (Å²) in [6, 6.07) is 19.8. The zero-order valence-electron chi connectivity index (χ0n) is 17.5. The number of carbonyl (C=O) groups is 1. The van der Waals surface area contributed by atoms with Gasteiger partial charge in [0.15, 0.2) is 0 Å². The third kappa shape index (κ3) is 6.47. The normalized spacial score (nSPS) is 10.3. The molecule has 4 aromatic rings. The van der Waals surface area contributed by atoms with Gasteiger partial charge >= 0.3 is 0 Å². The van der Waals surface area contributed by atoms with Crippen molar-refractivity contribution in [1.29, 1.82) is 0 Å². The lowest BCUT2D eigenvalue weighted by atomic mass is 10.2. The molecule has 0 fully saturated rings. The van der Waals surface area contributed by atoms with Crippen LogP contribution in [0, 0.1) is 5.82 Å². The van der Waals surface area contributed by atoms with Crippen LogP contribution >= 0.6 is 0 Å². The van der Waals surface area contributed by atoms with Crippen LogP contribution in [0.15, 0.2) is 85.3 Å². The lowest BCUT2D eigenvalue weighted by Crippen LogP contribution is -2.28. The number of benzene rings is 2. The summed E-state index contributed by atoms with van der Waals surface area (Å²) < 4.78 is 18.7. The molecule has 4 rings (SSSR count). The maximum atomic E-state index is 13.0. The van der Waals surface area contributed by atoms with Crippen LogP contribution in [0.3, 0.4) is 0 Å². The second-order valence-corrected chi connectivity index (χ2v) is 6.89. The molecule has 9 heteroatoms. The summed E-state index contributed by atoms with van der Waals surface area (Å²) in [6.07, 6.45) is 3.13. The van der Waals surface area contributed by atoms with Gasteiger partial charge in [-0.25, -0.2) is 19.3 Å². The first kappa shape index (κ1) is 21.7. The fraction of sp³-hybridized carbons (Fsp3) is 0.0833. The van der Waals surface area contributed by atoms with Gasteiger partial charge in [0, 0.05) is 30.9 Å². The van der Waals surface area contributed by atoms with Gasteiger partial charge in [-0.1, -0.05) is 12.1 Å². The summed E-state index contributed by atoms with van der Waals surface area (Å²) in [6.45, 7) is 0.854. The van der Waals surface area contributed by atoms with E-state index in [1.165, 1.54) is 30.6 Å². The molecule has 0 bridgehead atoms. The largest absolute Gasteiger partial charge is 0.457 e. The molecule has 0 saturated carbocycles. The third-order valence-electron chi connectivity index (χ3n) is 4.45. The van der Waals surface area contributed by atoms with Crippen LogP contribution in [0.1, 0.15) is 10.4 Å². The number of nitrogens with zero attached hydrogens (tertiary/aromatic N) is 3. The molecule has 0 radical (unpaired) electrons. The first-order chi connectivity index (χ1) is 16.2. The highest BCUT2D eigenvalue weighted by molar-refractivity contribution is 5.94. The molecule has 33 heavy (non-hydrogen) atoms. The van der Waals surface area contributed by atoms with E-state index in [0.717, 1.165) is 0 Å². The summed E-state index contributed by atoms with van der Waals surface area (Å²) in [5.74, 6) is 2.30. The topological polar surface area (TPSA) is 101 Å². The minimum atomic E-state index is -0.341. The van der Waals surface area contributed by atoms with Gasteiger partial charge in [-0.15, -0.1) is 0 Å². The number of hydrogen-bond donors (Lipinski definition) is 3. The Morgan fingerprint density at radius 1 is 0.818 bits per heavy atom. The fourth-order valence-electron chi connectivity index (χ4n) is 2.90. The average molecular weight is 444 g/mol. The molecule has 8 nitrogen and oxygen atoms in total. The number of halogens is 1. The first-order valence-corrected chi connectivity index (χ1v) is 10.2. The summed E-state index contributed by atoms with van der Waals surface area (Å²) >= 11 is 0.